The second-order valence-corrected chi connectivity index (χ2v) is 5.72. The predicted octanol–water partition coefficient (Wildman–Crippen LogP) is 4.62. The Bertz CT molecular complexity index is 624. The Morgan fingerprint density at radius 2 is 1.85 bits per heavy atom. The molecule has 1 aliphatic carbocycles. The summed E-state index contributed by atoms with van der Waals surface area (Å²) < 4.78 is 5.74. The normalized spacial score (nSPS) is 15.9. The highest BCUT2D eigenvalue weighted by molar-refractivity contribution is 6.42. The van der Waals surface area contributed by atoms with Gasteiger partial charge >= 0.3 is 0 Å². The Labute approximate surface area is 127 Å². The van der Waals surface area contributed by atoms with Gasteiger partial charge in [-0.25, -0.2) is 0 Å². The number of halogens is 2. The summed E-state index contributed by atoms with van der Waals surface area (Å²) in [6.45, 7) is 0. The van der Waals surface area contributed by atoms with Gasteiger partial charge in [0.1, 0.15) is 11.9 Å². The van der Waals surface area contributed by atoms with Crippen LogP contribution in [0, 0.1) is 0 Å². The average molecular weight is 309 g/mol. The van der Waals surface area contributed by atoms with Gasteiger partial charge in [0.2, 0.25) is 0 Å². The molecule has 0 heterocycles. The van der Waals surface area contributed by atoms with Gasteiger partial charge in [0.05, 0.1) is 16.1 Å². The van der Waals surface area contributed by atoms with Crippen LogP contribution >= 0.6 is 23.2 Å². The fraction of sp³-hybridized carbons (Fsp3) is 0.250. The summed E-state index contributed by atoms with van der Waals surface area (Å²) in [6, 6.07) is 12.7. The zero-order valence-corrected chi connectivity index (χ0v) is 12.2. The zero-order chi connectivity index (χ0) is 14.1. The molecule has 20 heavy (non-hydrogen) atoms. The lowest BCUT2D eigenvalue weighted by Crippen LogP contribution is -2.02. The van der Waals surface area contributed by atoms with Crippen LogP contribution in [0.4, 0.5) is 0 Å². The monoisotopic (exact) mass is 308 g/mol. The summed E-state index contributed by atoms with van der Waals surface area (Å²) in [5.74, 6) is 0.780. The minimum absolute atomic E-state index is 0.331. The molecule has 0 saturated heterocycles. The maximum atomic E-state index is 10.5. The second-order valence-electron chi connectivity index (χ2n) is 4.94. The fourth-order valence-electron chi connectivity index (χ4n) is 2.05. The molecule has 1 unspecified atom stereocenters. The molecule has 1 aliphatic rings. The molecule has 0 amide bonds. The van der Waals surface area contributed by atoms with Gasteiger partial charge in [0.15, 0.2) is 0 Å². The largest absolute Gasteiger partial charge is 0.490 e. The van der Waals surface area contributed by atoms with Gasteiger partial charge in [-0.2, -0.15) is 0 Å². The van der Waals surface area contributed by atoms with E-state index in [2.05, 4.69) is 0 Å². The van der Waals surface area contributed by atoms with Crippen molar-refractivity contribution in [2.24, 2.45) is 0 Å². The Balaban J connectivity index is 1.89. The molecule has 2 nitrogen and oxygen atoms in total. The first-order valence-electron chi connectivity index (χ1n) is 6.54. The molecule has 4 heteroatoms. The molecular weight excluding hydrogens is 295 g/mol. The summed E-state index contributed by atoms with van der Waals surface area (Å²) in [7, 11) is 0. The van der Waals surface area contributed by atoms with Crippen LogP contribution in [0.2, 0.25) is 10.0 Å². The van der Waals surface area contributed by atoms with Crippen molar-refractivity contribution >= 4 is 23.2 Å². The van der Waals surface area contributed by atoms with Crippen LogP contribution in [0.1, 0.15) is 30.1 Å². The molecule has 1 fully saturated rings. The van der Waals surface area contributed by atoms with Crippen LogP contribution in [-0.4, -0.2) is 11.2 Å². The fourth-order valence-corrected chi connectivity index (χ4v) is 2.46. The molecule has 1 N–H and O–H groups in total. The van der Waals surface area contributed by atoms with Gasteiger partial charge < -0.3 is 9.84 Å². The Morgan fingerprint density at radius 1 is 1.10 bits per heavy atom. The van der Waals surface area contributed by atoms with Crippen LogP contribution in [-0.2, 0) is 0 Å². The number of hydrogen-bond donors (Lipinski definition) is 1. The lowest BCUT2D eigenvalue weighted by atomic mass is 10.0. The summed E-state index contributed by atoms with van der Waals surface area (Å²) >= 11 is 12.1. The van der Waals surface area contributed by atoms with E-state index < -0.39 is 6.10 Å². The third-order valence-corrected chi connectivity index (χ3v) is 4.11. The van der Waals surface area contributed by atoms with Gasteiger partial charge in [0.25, 0.3) is 0 Å². The third-order valence-electron chi connectivity index (χ3n) is 3.28. The topological polar surface area (TPSA) is 29.5 Å². The highest BCUT2D eigenvalue weighted by Crippen LogP contribution is 2.34. The standard InChI is InChI=1S/C16H14Cl2O2/c17-14-6-2-5-13(15(14)18)16(19)10-3-1-4-12(9-10)20-11-7-8-11/h1-6,9,11,16,19H,7-8H2. The van der Waals surface area contributed by atoms with Crippen molar-refractivity contribution in [1.29, 1.82) is 0 Å². The number of aliphatic hydroxyl groups is 1. The highest BCUT2D eigenvalue weighted by Gasteiger charge is 2.24. The maximum absolute atomic E-state index is 10.5. The number of aliphatic hydroxyl groups excluding tert-OH is 1. The highest BCUT2D eigenvalue weighted by atomic mass is 35.5. The lowest BCUT2D eigenvalue weighted by Gasteiger charge is -2.15. The van der Waals surface area contributed by atoms with E-state index in [1.165, 1.54) is 0 Å². The van der Waals surface area contributed by atoms with E-state index in [1.54, 1.807) is 18.2 Å². The molecule has 3 rings (SSSR count). The van der Waals surface area contributed by atoms with Crippen molar-refractivity contribution in [3.05, 3.63) is 63.6 Å². The van der Waals surface area contributed by atoms with Crippen LogP contribution in [0.25, 0.3) is 0 Å². The van der Waals surface area contributed by atoms with E-state index >= 15 is 0 Å². The van der Waals surface area contributed by atoms with Crippen LogP contribution in [0.5, 0.6) is 5.75 Å². The number of ether oxygens (including phenoxy) is 1. The molecule has 104 valence electrons. The first kappa shape index (κ1) is 13.7. The van der Waals surface area contributed by atoms with E-state index in [0.29, 0.717) is 21.7 Å². The van der Waals surface area contributed by atoms with Crippen molar-refractivity contribution in [3.63, 3.8) is 0 Å². The van der Waals surface area contributed by atoms with Gasteiger partial charge in [-0.1, -0.05) is 47.5 Å². The molecule has 0 spiro atoms. The first-order chi connectivity index (χ1) is 9.65. The van der Waals surface area contributed by atoms with Gasteiger partial charge in [-0.15, -0.1) is 0 Å². The lowest BCUT2D eigenvalue weighted by molar-refractivity contribution is 0.219. The second kappa shape index (κ2) is 5.65. The van der Waals surface area contributed by atoms with Gasteiger partial charge in [0, 0.05) is 5.56 Å². The molecule has 2 aromatic carbocycles. The minimum atomic E-state index is -0.816. The van der Waals surface area contributed by atoms with Crippen LogP contribution in [0.3, 0.4) is 0 Å². The summed E-state index contributed by atoms with van der Waals surface area (Å²) in [6.07, 6.45) is 1.72. The Morgan fingerprint density at radius 3 is 2.60 bits per heavy atom. The number of hydrogen-bond acceptors (Lipinski definition) is 2. The van der Waals surface area contributed by atoms with Crippen molar-refractivity contribution in [1.82, 2.24) is 0 Å². The molecule has 1 saturated carbocycles. The first-order valence-corrected chi connectivity index (χ1v) is 7.29. The van der Waals surface area contributed by atoms with E-state index in [0.717, 1.165) is 24.2 Å². The molecule has 2 aromatic rings. The van der Waals surface area contributed by atoms with Crippen molar-refractivity contribution in [3.8, 4) is 5.75 Å². The van der Waals surface area contributed by atoms with E-state index in [9.17, 15) is 5.11 Å². The maximum Gasteiger partial charge on any atom is 0.120 e. The molecular formula is C16H14Cl2O2. The predicted molar refractivity (Wildman–Crippen MR) is 80.6 cm³/mol. The van der Waals surface area contributed by atoms with E-state index in [-0.39, 0.29) is 0 Å². The SMILES string of the molecule is OC(c1cccc(OC2CC2)c1)c1cccc(Cl)c1Cl. The van der Waals surface area contributed by atoms with E-state index in [1.807, 2.05) is 24.3 Å². The molecule has 0 bridgehead atoms. The Hall–Kier alpha value is -1.22. The molecule has 0 aromatic heterocycles. The number of benzene rings is 2. The number of rotatable bonds is 4. The molecule has 0 radical (unpaired) electrons. The van der Waals surface area contributed by atoms with Gasteiger partial charge in [-0.3, -0.25) is 0 Å². The van der Waals surface area contributed by atoms with Crippen molar-refractivity contribution in [2.75, 3.05) is 0 Å². The smallest absolute Gasteiger partial charge is 0.120 e. The third kappa shape index (κ3) is 2.93. The summed E-state index contributed by atoms with van der Waals surface area (Å²) in [5, 5.41) is 11.3. The van der Waals surface area contributed by atoms with Crippen LogP contribution < -0.4 is 4.74 Å². The van der Waals surface area contributed by atoms with Crippen molar-refractivity contribution < 1.29 is 9.84 Å². The summed E-state index contributed by atoms with van der Waals surface area (Å²) in [4.78, 5) is 0. The van der Waals surface area contributed by atoms with Gasteiger partial charge in [-0.05, 0) is 36.6 Å². The average Bonchev–Trinajstić information content (AvgIpc) is 3.25. The van der Waals surface area contributed by atoms with Crippen LogP contribution in [0.15, 0.2) is 42.5 Å². The zero-order valence-electron chi connectivity index (χ0n) is 10.7. The van der Waals surface area contributed by atoms with E-state index in [4.69, 9.17) is 27.9 Å². The molecule has 1 atom stereocenters. The molecule has 0 aliphatic heterocycles. The summed E-state index contributed by atoms with van der Waals surface area (Å²) in [5.41, 5.74) is 1.34. The minimum Gasteiger partial charge on any atom is -0.490 e. The quantitative estimate of drug-likeness (QED) is 0.893. The Kier molecular flexibility index (Phi) is 3.88. The van der Waals surface area contributed by atoms with Crippen molar-refractivity contribution in [2.45, 2.75) is 25.0 Å².